The van der Waals surface area contributed by atoms with Crippen molar-refractivity contribution in [1.82, 2.24) is 4.98 Å². The summed E-state index contributed by atoms with van der Waals surface area (Å²) in [5.74, 6) is 0.769. The lowest BCUT2D eigenvalue weighted by Gasteiger charge is -2.18. The van der Waals surface area contributed by atoms with E-state index in [1.807, 2.05) is 32.0 Å². The van der Waals surface area contributed by atoms with Crippen LogP contribution in [0.15, 0.2) is 34.9 Å². The van der Waals surface area contributed by atoms with E-state index >= 15 is 0 Å². The minimum atomic E-state index is -0.0283. The Hall–Kier alpha value is -2.92. The largest absolute Gasteiger partial charge is 0.464 e. The van der Waals surface area contributed by atoms with Crippen molar-refractivity contribution >= 4 is 33.0 Å². The van der Waals surface area contributed by atoms with E-state index in [1.54, 1.807) is 6.26 Å². The molecule has 0 bridgehead atoms. The van der Waals surface area contributed by atoms with Gasteiger partial charge in [-0.25, -0.2) is 4.98 Å². The quantitative estimate of drug-likeness (QED) is 0.405. The number of nitrogens with zero attached hydrogens (tertiary/aromatic N) is 1. The lowest BCUT2D eigenvalue weighted by atomic mass is 9.89. The van der Waals surface area contributed by atoms with Gasteiger partial charge in [0.2, 0.25) is 5.78 Å². The van der Waals surface area contributed by atoms with E-state index in [0.717, 1.165) is 64.0 Å². The molecule has 5 heteroatoms. The molecular formula is C25H24N2O2S. The zero-order chi connectivity index (χ0) is 21.0. The van der Waals surface area contributed by atoms with Gasteiger partial charge >= 0.3 is 0 Å². The molecule has 5 rings (SSSR count). The van der Waals surface area contributed by atoms with Gasteiger partial charge in [-0.3, -0.25) is 4.79 Å². The molecule has 0 radical (unpaired) electrons. The van der Waals surface area contributed by atoms with Crippen LogP contribution in [0.3, 0.4) is 0 Å². The highest BCUT2D eigenvalue weighted by Gasteiger charge is 2.27. The van der Waals surface area contributed by atoms with Crippen LogP contribution in [0.1, 0.15) is 56.0 Å². The van der Waals surface area contributed by atoms with Crippen LogP contribution in [0.4, 0.5) is 5.69 Å². The normalized spacial score (nSPS) is 13.6. The first-order valence-electron chi connectivity index (χ1n) is 10.4. The van der Waals surface area contributed by atoms with Gasteiger partial charge in [0.25, 0.3) is 0 Å². The standard InChI is InChI=1S/C25H24N2O2S/c1-13-11-15(3)17(12-14(13)2)23(28)24-22(26)21-20(19-9-6-10-29-19)16-7-4-5-8-18(16)27-25(21)30-24/h6,9-12H,4-5,7-8,26H2,1-3H3. The predicted molar refractivity (Wildman–Crippen MR) is 122 cm³/mol. The molecule has 1 aliphatic carbocycles. The summed E-state index contributed by atoms with van der Waals surface area (Å²) in [5.41, 5.74) is 14.5. The third-order valence-electron chi connectivity index (χ3n) is 6.21. The Balaban J connectivity index is 1.76. The molecule has 0 amide bonds. The van der Waals surface area contributed by atoms with Gasteiger partial charge in [-0.1, -0.05) is 6.07 Å². The first-order valence-corrected chi connectivity index (χ1v) is 11.2. The van der Waals surface area contributed by atoms with Gasteiger partial charge in [0.05, 0.1) is 12.0 Å². The second kappa shape index (κ2) is 7.10. The summed E-state index contributed by atoms with van der Waals surface area (Å²) >= 11 is 1.40. The first-order chi connectivity index (χ1) is 14.5. The minimum absolute atomic E-state index is 0.0283. The van der Waals surface area contributed by atoms with Gasteiger partial charge in [-0.2, -0.15) is 0 Å². The fourth-order valence-electron chi connectivity index (χ4n) is 4.50. The maximum Gasteiger partial charge on any atom is 0.205 e. The molecule has 0 unspecified atom stereocenters. The number of aryl methyl sites for hydroxylation is 4. The van der Waals surface area contributed by atoms with Crippen LogP contribution in [-0.4, -0.2) is 10.8 Å². The summed E-state index contributed by atoms with van der Waals surface area (Å²) in [6.07, 6.45) is 5.87. The maximum absolute atomic E-state index is 13.5. The van der Waals surface area contributed by atoms with E-state index in [0.29, 0.717) is 16.1 Å². The van der Waals surface area contributed by atoms with Gasteiger partial charge in [-0.15, -0.1) is 11.3 Å². The number of fused-ring (bicyclic) bond motifs is 2. The lowest BCUT2D eigenvalue weighted by molar-refractivity contribution is 0.104. The van der Waals surface area contributed by atoms with Gasteiger partial charge < -0.3 is 10.2 Å². The third kappa shape index (κ3) is 2.88. The van der Waals surface area contributed by atoms with Crippen LogP contribution in [0.5, 0.6) is 0 Å². The monoisotopic (exact) mass is 416 g/mol. The molecule has 1 aromatic carbocycles. The number of rotatable bonds is 3. The third-order valence-corrected chi connectivity index (χ3v) is 7.31. The number of nitrogens with two attached hydrogens (primary N) is 1. The van der Waals surface area contributed by atoms with Crippen molar-refractivity contribution < 1.29 is 9.21 Å². The number of aromatic nitrogens is 1. The number of furan rings is 1. The summed E-state index contributed by atoms with van der Waals surface area (Å²) < 4.78 is 5.79. The topological polar surface area (TPSA) is 69.1 Å². The van der Waals surface area contributed by atoms with Crippen LogP contribution < -0.4 is 5.73 Å². The van der Waals surface area contributed by atoms with Crippen molar-refractivity contribution in [2.24, 2.45) is 0 Å². The Bertz CT molecular complexity index is 1300. The number of carbonyl (C=O) groups is 1. The van der Waals surface area contributed by atoms with Crippen molar-refractivity contribution in [2.45, 2.75) is 46.5 Å². The van der Waals surface area contributed by atoms with E-state index in [4.69, 9.17) is 15.1 Å². The Morgan fingerprint density at radius 1 is 1.10 bits per heavy atom. The Kier molecular flexibility index (Phi) is 4.51. The molecule has 3 heterocycles. The highest BCUT2D eigenvalue weighted by atomic mass is 32.1. The zero-order valence-electron chi connectivity index (χ0n) is 17.5. The zero-order valence-corrected chi connectivity index (χ0v) is 18.3. The van der Waals surface area contributed by atoms with E-state index in [-0.39, 0.29) is 5.78 Å². The number of hydrogen-bond acceptors (Lipinski definition) is 5. The van der Waals surface area contributed by atoms with Gasteiger partial charge in [0, 0.05) is 22.2 Å². The number of hydrogen-bond donors (Lipinski definition) is 1. The second-order valence-corrected chi connectivity index (χ2v) is 9.20. The molecule has 2 N–H and O–H groups in total. The molecule has 0 fully saturated rings. The number of thiophene rings is 1. The summed E-state index contributed by atoms with van der Waals surface area (Å²) in [5, 5.41) is 0.862. The van der Waals surface area contributed by atoms with Crippen LogP contribution in [0.2, 0.25) is 0 Å². The number of anilines is 1. The van der Waals surface area contributed by atoms with Crippen molar-refractivity contribution in [3.63, 3.8) is 0 Å². The Labute approximate surface area is 179 Å². The molecule has 0 atom stereocenters. The highest BCUT2D eigenvalue weighted by molar-refractivity contribution is 7.21. The van der Waals surface area contributed by atoms with Gasteiger partial charge in [0.1, 0.15) is 15.5 Å². The number of ketones is 1. The molecule has 0 saturated carbocycles. The average Bonchev–Trinajstić information content (AvgIpc) is 3.37. The SMILES string of the molecule is Cc1cc(C)c(C(=O)c2sc3nc4c(c(-c5ccco5)c3c2N)CCCC4)cc1C. The maximum atomic E-state index is 13.5. The van der Waals surface area contributed by atoms with Crippen LogP contribution in [0, 0.1) is 20.8 Å². The number of benzene rings is 1. The molecule has 1 aliphatic rings. The van der Waals surface area contributed by atoms with E-state index in [9.17, 15) is 4.79 Å². The summed E-state index contributed by atoms with van der Waals surface area (Å²) in [6, 6.07) is 7.90. The van der Waals surface area contributed by atoms with Crippen molar-refractivity contribution in [3.8, 4) is 11.3 Å². The Morgan fingerprint density at radius 2 is 1.87 bits per heavy atom. The summed E-state index contributed by atoms with van der Waals surface area (Å²) in [7, 11) is 0. The minimum Gasteiger partial charge on any atom is -0.464 e. The van der Waals surface area contributed by atoms with E-state index in [1.165, 1.54) is 22.5 Å². The molecule has 152 valence electrons. The number of carbonyl (C=O) groups excluding carboxylic acids is 1. The smallest absolute Gasteiger partial charge is 0.205 e. The van der Waals surface area contributed by atoms with Crippen LogP contribution in [0.25, 0.3) is 21.5 Å². The van der Waals surface area contributed by atoms with Crippen molar-refractivity contribution in [2.75, 3.05) is 5.73 Å². The fourth-order valence-corrected chi connectivity index (χ4v) is 5.57. The van der Waals surface area contributed by atoms with Gasteiger partial charge in [-0.05, 0) is 86.9 Å². The summed E-state index contributed by atoms with van der Waals surface area (Å²) in [4.78, 5) is 19.9. The molecule has 3 aromatic heterocycles. The average molecular weight is 417 g/mol. The summed E-state index contributed by atoms with van der Waals surface area (Å²) in [6.45, 7) is 6.08. The number of nitrogen functional groups attached to an aromatic ring is 1. The molecule has 4 nitrogen and oxygen atoms in total. The van der Waals surface area contributed by atoms with Gasteiger partial charge in [0.15, 0.2) is 0 Å². The van der Waals surface area contributed by atoms with Crippen LogP contribution >= 0.6 is 11.3 Å². The lowest BCUT2D eigenvalue weighted by Crippen LogP contribution is -2.08. The molecule has 0 spiro atoms. The fraction of sp³-hybridized carbons (Fsp3) is 0.280. The highest BCUT2D eigenvalue weighted by Crippen LogP contribution is 2.44. The van der Waals surface area contributed by atoms with Crippen LogP contribution in [-0.2, 0) is 12.8 Å². The molecular weight excluding hydrogens is 392 g/mol. The van der Waals surface area contributed by atoms with Crippen molar-refractivity contribution in [1.29, 1.82) is 0 Å². The van der Waals surface area contributed by atoms with Crippen molar-refractivity contribution in [3.05, 3.63) is 68.9 Å². The predicted octanol–water partition coefficient (Wildman–Crippen LogP) is 6.17. The molecule has 30 heavy (non-hydrogen) atoms. The van der Waals surface area contributed by atoms with E-state index in [2.05, 4.69) is 13.0 Å². The number of pyridine rings is 1. The second-order valence-electron chi connectivity index (χ2n) is 8.20. The molecule has 0 aliphatic heterocycles. The first kappa shape index (κ1) is 19.1. The molecule has 4 aromatic rings. The Morgan fingerprint density at radius 3 is 2.63 bits per heavy atom. The van der Waals surface area contributed by atoms with E-state index < -0.39 is 0 Å². The molecule has 0 saturated heterocycles.